The standard InChI is InChI=1S/C6H10F2N2O/c7-5(8)1-10-6(11-4-5)2-9-3-6/h9-10H,1-4H2. The van der Waals surface area contributed by atoms with Crippen LogP contribution in [-0.2, 0) is 4.74 Å². The average Bonchev–Trinajstić information content (AvgIpc) is 1.84. The van der Waals surface area contributed by atoms with E-state index in [1.54, 1.807) is 0 Å². The van der Waals surface area contributed by atoms with Crippen molar-refractivity contribution in [3.05, 3.63) is 0 Å². The molecule has 0 aromatic rings. The van der Waals surface area contributed by atoms with E-state index in [0.717, 1.165) is 0 Å². The number of alkyl halides is 2. The molecule has 0 saturated carbocycles. The highest BCUT2D eigenvalue weighted by molar-refractivity contribution is 4.96. The van der Waals surface area contributed by atoms with Gasteiger partial charge in [0.15, 0.2) is 0 Å². The summed E-state index contributed by atoms with van der Waals surface area (Å²) in [6.45, 7) is 0.530. The van der Waals surface area contributed by atoms with E-state index in [0.29, 0.717) is 13.1 Å². The molecule has 2 N–H and O–H groups in total. The summed E-state index contributed by atoms with van der Waals surface area (Å²) >= 11 is 0. The van der Waals surface area contributed by atoms with Crippen molar-refractivity contribution in [2.24, 2.45) is 0 Å². The van der Waals surface area contributed by atoms with Crippen molar-refractivity contribution < 1.29 is 13.5 Å². The van der Waals surface area contributed by atoms with Crippen LogP contribution in [0, 0.1) is 0 Å². The van der Waals surface area contributed by atoms with Crippen molar-refractivity contribution >= 4 is 0 Å². The Morgan fingerprint density at radius 1 is 1.18 bits per heavy atom. The van der Waals surface area contributed by atoms with Crippen LogP contribution in [0.4, 0.5) is 8.78 Å². The number of rotatable bonds is 0. The number of ether oxygens (including phenoxy) is 1. The lowest BCUT2D eigenvalue weighted by Crippen LogP contribution is -2.73. The Morgan fingerprint density at radius 3 is 2.27 bits per heavy atom. The van der Waals surface area contributed by atoms with Gasteiger partial charge in [-0.2, -0.15) is 0 Å². The molecule has 5 heteroatoms. The Kier molecular flexibility index (Phi) is 1.42. The molecule has 2 rings (SSSR count). The summed E-state index contributed by atoms with van der Waals surface area (Å²) in [5.74, 6) is -2.69. The molecule has 2 heterocycles. The van der Waals surface area contributed by atoms with Crippen molar-refractivity contribution in [1.82, 2.24) is 10.6 Å². The highest BCUT2D eigenvalue weighted by atomic mass is 19.3. The van der Waals surface area contributed by atoms with Gasteiger partial charge in [0.05, 0.1) is 6.54 Å². The number of hydrogen-bond donors (Lipinski definition) is 2. The van der Waals surface area contributed by atoms with Crippen LogP contribution in [0.5, 0.6) is 0 Å². The van der Waals surface area contributed by atoms with Crippen molar-refractivity contribution in [2.75, 3.05) is 26.2 Å². The second kappa shape index (κ2) is 2.12. The fraction of sp³-hybridized carbons (Fsp3) is 1.00. The highest BCUT2D eigenvalue weighted by Crippen LogP contribution is 2.24. The van der Waals surface area contributed by atoms with Crippen LogP contribution >= 0.6 is 0 Å². The van der Waals surface area contributed by atoms with Crippen LogP contribution in [0.15, 0.2) is 0 Å². The molecule has 1 spiro atoms. The first-order chi connectivity index (χ1) is 5.12. The van der Waals surface area contributed by atoms with E-state index in [1.807, 2.05) is 0 Å². The van der Waals surface area contributed by atoms with Gasteiger partial charge in [0.1, 0.15) is 12.3 Å². The first-order valence-corrected chi connectivity index (χ1v) is 3.60. The fourth-order valence-electron chi connectivity index (χ4n) is 1.22. The van der Waals surface area contributed by atoms with Gasteiger partial charge in [-0.05, 0) is 0 Å². The third-order valence-electron chi connectivity index (χ3n) is 2.05. The minimum Gasteiger partial charge on any atom is -0.352 e. The minimum atomic E-state index is -2.69. The van der Waals surface area contributed by atoms with Crippen LogP contribution in [0.2, 0.25) is 0 Å². The third kappa shape index (κ3) is 1.23. The zero-order valence-corrected chi connectivity index (χ0v) is 5.99. The molecule has 2 fully saturated rings. The van der Waals surface area contributed by atoms with Gasteiger partial charge in [0.2, 0.25) is 0 Å². The van der Waals surface area contributed by atoms with Gasteiger partial charge in [0, 0.05) is 13.1 Å². The molecule has 0 amide bonds. The van der Waals surface area contributed by atoms with E-state index < -0.39 is 18.3 Å². The Labute approximate surface area is 63.1 Å². The second-order valence-corrected chi connectivity index (χ2v) is 3.10. The van der Waals surface area contributed by atoms with E-state index in [1.165, 1.54) is 0 Å². The van der Waals surface area contributed by atoms with Crippen LogP contribution < -0.4 is 10.6 Å². The van der Waals surface area contributed by atoms with Crippen molar-refractivity contribution in [3.63, 3.8) is 0 Å². The second-order valence-electron chi connectivity index (χ2n) is 3.10. The number of nitrogens with one attached hydrogen (secondary N) is 2. The number of halogens is 2. The summed E-state index contributed by atoms with van der Waals surface area (Å²) in [6, 6.07) is 0. The van der Waals surface area contributed by atoms with Crippen LogP contribution in [0.3, 0.4) is 0 Å². The molecule has 0 radical (unpaired) electrons. The van der Waals surface area contributed by atoms with Gasteiger partial charge in [-0.25, -0.2) is 8.78 Å². The number of hydrogen-bond acceptors (Lipinski definition) is 3. The van der Waals surface area contributed by atoms with Crippen LogP contribution in [-0.4, -0.2) is 37.9 Å². The molecule has 0 aliphatic carbocycles. The van der Waals surface area contributed by atoms with E-state index in [2.05, 4.69) is 10.6 Å². The lowest BCUT2D eigenvalue weighted by atomic mass is 10.1. The Morgan fingerprint density at radius 2 is 1.91 bits per heavy atom. The van der Waals surface area contributed by atoms with Crippen molar-refractivity contribution in [2.45, 2.75) is 11.6 Å². The SMILES string of the molecule is FC1(F)CNC2(CNC2)OC1. The minimum absolute atomic E-state index is 0.269. The maximum absolute atomic E-state index is 12.5. The molecule has 0 atom stereocenters. The maximum atomic E-state index is 12.5. The first-order valence-electron chi connectivity index (χ1n) is 3.60. The molecule has 2 saturated heterocycles. The predicted molar refractivity (Wildman–Crippen MR) is 34.5 cm³/mol. The average molecular weight is 164 g/mol. The van der Waals surface area contributed by atoms with Crippen LogP contribution in [0.1, 0.15) is 0 Å². The molecule has 2 aliphatic rings. The summed E-state index contributed by atoms with van der Waals surface area (Å²) in [6.07, 6.45) is 0. The highest BCUT2D eigenvalue weighted by Gasteiger charge is 2.47. The molecule has 0 aromatic heterocycles. The monoisotopic (exact) mass is 164 g/mol. The largest absolute Gasteiger partial charge is 0.352 e. The van der Waals surface area contributed by atoms with E-state index in [4.69, 9.17) is 4.74 Å². The summed E-state index contributed by atoms with van der Waals surface area (Å²) in [4.78, 5) is 0. The Hall–Kier alpha value is -0.260. The summed E-state index contributed by atoms with van der Waals surface area (Å²) in [5.41, 5.74) is -0.484. The Bertz CT molecular complexity index is 158. The van der Waals surface area contributed by atoms with Gasteiger partial charge in [-0.1, -0.05) is 0 Å². The smallest absolute Gasteiger partial charge is 0.283 e. The molecule has 0 bridgehead atoms. The molecule has 64 valence electrons. The summed E-state index contributed by atoms with van der Waals surface area (Å²) in [7, 11) is 0. The molecular weight excluding hydrogens is 154 g/mol. The topological polar surface area (TPSA) is 33.3 Å². The van der Waals surface area contributed by atoms with Gasteiger partial charge < -0.3 is 10.1 Å². The normalized spacial score (nSPS) is 33.3. The van der Waals surface area contributed by atoms with Crippen molar-refractivity contribution in [3.8, 4) is 0 Å². The zero-order chi connectivity index (χ0) is 7.95. The first kappa shape index (κ1) is 7.39. The fourth-order valence-corrected chi connectivity index (χ4v) is 1.22. The van der Waals surface area contributed by atoms with Gasteiger partial charge in [0.25, 0.3) is 5.92 Å². The van der Waals surface area contributed by atoms with Gasteiger partial charge >= 0.3 is 0 Å². The van der Waals surface area contributed by atoms with Crippen molar-refractivity contribution in [1.29, 1.82) is 0 Å². The molecule has 3 nitrogen and oxygen atoms in total. The zero-order valence-electron chi connectivity index (χ0n) is 5.99. The molecule has 2 aliphatic heterocycles. The summed E-state index contributed by atoms with van der Waals surface area (Å²) in [5, 5.41) is 5.65. The third-order valence-corrected chi connectivity index (χ3v) is 2.05. The molecular formula is C6H10F2N2O. The Balaban J connectivity index is 1.94. The lowest BCUT2D eigenvalue weighted by molar-refractivity contribution is -0.209. The van der Waals surface area contributed by atoms with Crippen LogP contribution in [0.25, 0.3) is 0 Å². The summed E-state index contributed by atoms with van der Waals surface area (Å²) < 4.78 is 30.0. The van der Waals surface area contributed by atoms with E-state index in [9.17, 15) is 8.78 Å². The van der Waals surface area contributed by atoms with Gasteiger partial charge in [-0.3, -0.25) is 5.32 Å². The quantitative estimate of drug-likeness (QED) is 0.508. The molecule has 11 heavy (non-hydrogen) atoms. The molecule has 0 aromatic carbocycles. The predicted octanol–water partition coefficient (Wildman–Crippen LogP) is -0.459. The van der Waals surface area contributed by atoms with Gasteiger partial charge in [-0.15, -0.1) is 0 Å². The van der Waals surface area contributed by atoms with E-state index in [-0.39, 0.29) is 6.54 Å². The maximum Gasteiger partial charge on any atom is 0.283 e. The lowest BCUT2D eigenvalue weighted by Gasteiger charge is -2.47. The molecule has 0 unspecified atom stereocenters. The van der Waals surface area contributed by atoms with E-state index >= 15 is 0 Å².